The largest absolute Gasteiger partial charge is 0.372 e. The van der Waals surface area contributed by atoms with E-state index >= 15 is 0 Å². The molecule has 0 aromatic heterocycles. The Bertz CT molecular complexity index is 714. The maximum absolute atomic E-state index is 12.8. The molecular formula is C21H29N3O4. The lowest BCUT2D eigenvalue weighted by Gasteiger charge is -2.40. The molecule has 0 bridgehead atoms. The van der Waals surface area contributed by atoms with Gasteiger partial charge in [-0.25, -0.2) is 0 Å². The molecule has 0 N–H and O–H groups in total. The van der Waals surface area contributed by atoms with Gasteiger partial charge in [0.15, 0.2) is 0 Å². The van der Waals surface area contributed by atoms with Gasteiger partial charge in [-0.05, 0) is 32.8 Å². The molecule has 1 aromatic rings. The molecule has 7 heteroatoms. The normalized spacial score (nSPS) is 26.0. The lowest BCUT2D eigenvalue weighted by Crippen LogP contribution is -2.61. The van der Waals surface area contributed by atoms with Gasteiger partial charge in [-0.1, -0.05) is 30.3 Å². The molecule has 0 spiro atoms. The van der Waals surface area contributed by atoms with Crippen LogP contribution in [0.25, 0.3) is 0 Å². The minimum absolute atomic E-state index is 0.0270. The summed E-state index contributed by atoms with van der Waals surface area (Å²) < 4.78 is 5.66. The first-order chi connectivity index (χ1) is 13.3. The summed E-state index contributed by atoms with van der Waals surface area (Å²) in [7, 11) is 0. The summed E-state index contributed by atoms with van der Waals surface area (Å²) in [5.74, 6) is -0.414. The fourth-order valence-corrected chi connectivity index (χ4v) is 3.90. The maximum atomic E-state index is 12.8. The average Bonchev–Trinajstić information content (AvgIpc) is 2.67. The molecule has 28 heavy (non-hydrogen) atoms. The molecule has 0 unspecified atom stereocenters. The van der Waals surface area contributed by atoms with Gasteiger partial charge in [0, 0.05) is 19.6 Å². The number of piperazine rings is 1. The predicted octanol–water partition coefficient (Wildman–Crippen LogP) is 0.924. The molecular weight excluding hydrogens is 358 g/mol. The highest BCUT2D eigenvalue weighted by Crippen LogP contribution is 2.16. The van der Waals surface area contributed by atoms with Gasteiger partial charge in [0.05, 0.1) is 18.8 Å². The number of benzene rings is 1. The summed E-state index contributed by atoms with van der Waals surface area (Å²) in [5, 5.41) is 0. The number of nitrogens with zero attached hydrogens (tertiary/aromatic N) is 3. The highest BCUT2D eigenvalue weighted by molar-refractivity contribution is 5.96. The zero-order chi connectivity index (χ0) is 20.3. The van der Waals surface area contributed by atoms with E-state index in [0.717, 1.165) is 5.56 Å². The van der Waals surface area contributed by atoms with E-state index in [1.807, 2.05) is 44.2 Å². The van der Waals surface area contributed by atoms with Crippen molar-refractivity contribution in [2.24, 2.45) is 0 Å². The van der Waals surface area contributed by atoms with E-state index in [9.17, 15) is 14.4 Å². The molecule has 2 fully saturated rings. The van der Waals surface area contributed by atoms with Gasteiger partial charge in [-0.15, -0.1) is 0 Å². The smallest absolute Gasteiger partial charge is 0.245 e. The van der Waals surface area contributed by atoms with Crippen molar-refractivity contribution in [2.75, 3.05) is 32.7 Å². The molecule has 3 amide bonds. The van der Waals surface area contributed by atoms with Crippen LogP contribution >= 0.6 is 0 Å². The number of hydrogen-bond acceptors (Lipinski definition) is 4. The Kier molecular flexibility index (Phi) is 6.34. The Hall–Kier alpha value is -2.41. The van der Waals surface area contributed by atoms with Crippen LogP contribution in [0.1, 0.15) is 26.3 Å². The van der Waals surface area contributed by atoms with E-state index in [0.29, 0.717) is 26.1 Å². The first kappa shape index (κ1) is 20.3. The molecule has 0 aliphatic carbocycles. The summed E-state index contributed by atoms with van der Waals surface area (Å²) in [5.41, 5.74) is 1.13. The monoisotopic (exact) mass is 387 g/mol. The fourth-order valence-electron chi connectivity index (χ4n) is 3.90. The molecule has 2 aliphatic rings. The lowest BCUT2D eigenvalue weighted by molar-refractivity contribution is -0.159. The molecule has 0 saturated carbocycles. The van der Waals surface area contributed by atoms with Gasteiger partial charge in [-0.3, -0.25) is 14.4 Å². The summed E-state index contributed by atoms with van der Waals surface area (Å²) in [6.45, 7) is 7.05. The molecule has 7 nitrogen and oxygen atoms in total. The third-order valence-electron chi connectivity index (χ3n) is 5.37. The van der Waals surface area contributed by atoms with Crippen molar-refractivity contribution in [3.05, 3.63) is 35.9 Å². The Morgan fingerprint density at radius 2 is 1.71 bits per heavy atom. The van der Waals surface area contributed by atoms with Gasteiger partial charge in [0.2, 0.25) is 17.7 Å². The zero-order valence-corrected chi connectivity index (χ0v) is 16.8. The van der Waals surface area contributed by atoms with Crippen LogP contribution in [-0.4, -0.2) is 83.4 Å². The van der Waals surface area contributed by atoms with Gasteiger partial charge < -0.3 is 19.4 Å². The number of hydrogen-bond donors (Lipinski definition) is 0. The van der Waals surface area contributed by atoms with Crippen molar-refractivity contribution in [1.82, 2.24) is 14.7 Å². The number of amides is 3. The van der Waals surface area contributed by atoms with Crippen LogP contribution in [0.3, 0.4) is 0 Å². The first-order valence-corrected chi connectivity index (χ1v) is 9.90. The minimum Gasteiger partial charge on any atom is -0.372 e. The van der Waals surface area contributed by atoms with Crippen molar-refractivity contribution >= 4 is 17.7 Å². The molecule has 0 radical (unpaired) electrons. The topological polar surface area (TPSA) is 70.2 Å². The Morgan fingerprint density at radius 1 is 1.07 bits per heavy atom. The standard InChI is InChI=1S/C21H29N3O4/c1-15-11-23(12-16(2)28-15)19(25)14-24-17(3)21(27)22(13-20(24)26)10-9-18-7-5-4-6-8-18/h4-8,15-17H,9-14H2,1-3H3/t15-,16+,17-/m0/s1. The predicted molar refractivity (Wildman–Crippen MR) is 104 cm³/mol. The summed E-state index contributed by atoms with van der Waals surface area (Å²) >= 11 is 0. The van der Waals surface area contributed by atoms with E-state index in [1.165, 1.54) is 4.90 Å². The molecule has 3 rings (SSSR count). The second-order valence-corrected chi connectivity index (χ2v) is 7.75. The van der Waals surface area contributed by atoms with E-state index in [-0.39, 0.29) is 43.0 Å². The highest BCUT2D eigenvalue weighted by atomic mass is 16.5. The van der Waals surface area contributed by atoms with Crippen molar-refractivity contribution in [3.63, 3.8) is 0 Å². The average molecular weight is 387 g/mol. The van der Waals surface area contributed by atoms with Crippen molar-refractivity contribution in [2.45, 2.75) is 45.4 Å². The first-order valence-electron chi connectivity index (χ1n) is 9.90. The zero-order valence-electron chi connectivity index (χ0n) is 16.8. The lowest BCUT2D eigenvalue weighted by atomic mass is 10.1. The quantitative estimate of drug-likeness (QED) is 0.754. The molecule has 3 atom stereocenters. The van der Waals surface area contributed by atoms with E-state index in [1.54, 1.807) is 16.7 Å². The van der Waals surface area contributed by atoms with Gasteiger partial charge in [0.1, 0.15) is 12.6 Å². The van der Waals surface area contributed by atoms with Crippen LogP contribution in [0.2, 0.25) is 0 Å². The number of ether oxygens (including phenoxy) is 1. The molecule has 1 aromatic carbocycles. The van der Waals surface area contributed by atoms with Crippen LogP contribution in [-0.2, 0) is 25.5 Å². The number of morpholine rings is 1. The Balaban J connectivity index is 1.58. The molecule has 2 saturated heterocycles. The summed E-state index contributed by atoms with van der Waals surface area (Å²) in [4.78, 5) is 42.8. The van der Waals surface area contributed by atoms with Crippen molar-refractivity contribution < 1.29 is 19.1 Å². The number of rotatable bonds is 5. The summed E-state index contributed by atoms with van der Waals surface area (Å²) in [6, 6.07) is 9.26. The second-order valence-electron chi connectivity index (χ2n) is 7.75. The van der Waals surface area contributed by atoms with Crippen LogP contribution in [0.4, 0.5) is 0 Å². The second kappa shape index (κ2) is 8.73. The van der Waals surface area contributed by atoms with E-state index in [4.69, 9.17) is 4.74 Å². The number of carbonyl (C=O) groups is 3. The van der Waals surface area contributed by atoms with Gasteiger partial charge in [-0.2, -0.15) is 0 Å². The fraction of sp³-hybridized carbons (Fsp3) is 0.571. The summed E-state index contributed by atoms with van der Waals surface area (Å²) in [6.07, 6.45) is 0.643. The highest BCUT2D eigenvalue weighted by Gasteiger charge is 2.38. The molecule has 152 valence electrons. The van der Waals surface area contributed by atoms with Gasteiger partial charge in [0.25, 0.3) is 0 Å². The number of carbonyl (C=O) groups excluding carboxylic acids is 3. The molecule has 2 heterocycles. The maximum Gasteiger partial charge on any atom is 0.245 e. The third kappa shape index (κ3) is 4.70. The van der Waals surface area contributed by atoms with Crippen LogP contribution in [0, 0.1) is 0 Å². The van der Waals surface area contributed by atoms with E-state index in [2.05, 4.69) is 0 Å². The van der Waals surface area contributed by atoms with E-state index < -0.39 is 6.04 Å². The van der Waals surface area contributed by atoms with Crippen LogP contribution in [0.15, 0.2) is 30.3 Å². The minimum atomic E-state index is -0.628. The van der Waals surface area contributed by atoms with Crippen molar-refractivity contribution in [3.8, 4) is 0 Å². The Morgan fingerprint density at radius 3 is 2.36 bits per heavy atom. The van der Waals surface area contributed by atoms with Crippen LogP contribution < -0.4 is 0 Å². The Labute approximate surface area is 166 Å². The van der Waals surface area contributed by atoms with Crippen LogP contribution in [0.5, 0.6) is 0 Å². The van der Waals surface area contributed by atoms with Gasteiger partial charge >= 0.3 is 0 Å². The SMILES string of the molecule is C[C@@H]1CN(C(=O)CN2C(=O)CN(CCc3ccccc3)C(=O)[C@@H]2C)C[C@H](C)O1. The van der Waals surface area contributed by atoms with Crippen molar-refractivity contribution in [1.29, 1.82) is 0 Å². The third-order valence-corrected chi connectivity index (χ3v) is 5.37. The molecule has 2 aliphatic heterocycles.